The molecule has 8 rings (SSSR count). The van der Waals surface area contributed by atoms with Crippen LogP contribution in [-0.2, 0) is 65.2 Å². The van der Waals surface area contributed by atoms with Crippen molar-refractivity contribution in [1.29, 1.82) is 0 Å². The summed E-state index contributed by atoms with van der Waals surface area (Å²) in [5.74, 6) is 0. The van der Waals surface area contributed by atoms with Gasteiger partial charge in [0.15, 0.2) is 0 Å². The Kier molecular flexibility index (Phi) is 18.0. The molecule has 0 N–H and O–H groups in total. The summed E-state index contributed by atoms with van der Waals surface area (Å²) in [6.45, 7) is 8.51. The van der Waals surface area contributed by atoms with Crippen LogP contribution in [-0.4, -0.2) is 0 Å². The molecule has 0 radical (unpaired) electrons. The van der Waals surface area contributed by atoms with Crippen LogP contribution < -0.4 is 24.8 Å². The molecule has 0 saturated carbocycles. The van der Waals surface area contributed by atoms with Gasteiger partial charge in [-0.1, -0.05) is 72.5 Å². The van der Waals surface area contributed by atoms with E-state index in [-0.39, 0.29) is 77.2 Å². The van der Waals surface area contributed by atoms with Crippen LogP contribution in [0.2, 0.25) is 0 Å². The Balaban J connectivity index is 0.000000314. The van der Waals surface area contributed by atoms with Crippen LogP contribution in [0.1, 0.15) is 57.3 Å². The number of rotatable bonds is 0. The Morgan fingerprint density at radius 1 is 0.500 bits per heavy atom. The van der Waals surface area contributed by atoms with E-state index in [1.54, 1.807) is 0 Å². The van der Waals surface area contributed by atoms with Gasteiger partial charge in [-0.05, 0) is 37.8 Å². The minimum atomic E-state index is 0. The summed E-state index contributed by atoms with van der Waals surface area (Å²) < 4.78 is 0. The molecule has 4 aliphatic carbocycles. The van der Waals surface area contributed by atoms with Crippen molar-refractivity contribution in [2.75, 3.05) is 0 Å². The van der Waals surface area contributed by atoms with E-state index in [9.17, 15) is 0 Å². The zero-order valence-corrected chi connectivity index (χ0v) is 32.2. The van der Waals surface area contributed by atoms with Gasteiger partial charge in [0.1, 0.15) is 0 Å². The van der Waals surface area contributed by atoms with E-state index in [4.69, 9.17) is 0 Å². The van der Waals surface area contributed by atoms with Gasteiger partial charge in [0.2, 0.25) is 0 Å². The topological polar surface area (TPSA) is 0 Å². The molecule has 0 amide bonds. The zero-order chi connectivity index (χ0) is 27.9. The molecule has 4 aliphatic rings. The third kappa shape index (κ3) is 10.6. The van der Waals surface area contributed by atoms with Crippen LogP contribution in [0.5, 0.6) is 0 Å². The molecule has 4 heteroatoms. The van der Waals surface area contributed by atoms with E-state index in [0.29, 0.717) is 0 Å². The van der Waals surface area contributed by atoms with Crippen molar-refractivity contribution in [3.63, 3.8) is 0 Å². The Labute approximate surface area is 315 Å². The van der Waals surface area contributed by atoms with Gasteiger partial charge in [0.25, 0.3) is 0 Å². The first kappa shape index (κ1) is 40.2. The van der Waals surface area contributed by atoms with Crippen molar-refractivity contribution in [1.82, 2.24) is 0 Å². The third-order valence-electron chi connectivity index (χ3n) is 7.35. The van der Waals surface area contributed by atoms with Crippen LogP contribution in [0.4, 0.5) is 0 Å². The molecule has 0 saturated heterocycles. The normalized spacial score (nSPS) is 12.5. The van der Waals surface area contributed by atoms with Gasteiger partial charge in [-0.2, -0.15) is 59.7 Å². The number of hydrogen-bond acceptors (Lipinski definition) is 0. The van der Waals surface area contributed by atoms with Gasteiger partial charge in [-0.15, -0.1) is 35.1 Å². The Morgan fingerprint density at radius 2 is 0.886 bits per heavy atom. The summed E-state index contributed by atoms with van der Waals surface area (Å²) in [4.78, 5) is 0. The predicted molar refractivity (Wildman–Crippen MR) is 169 cm³/mol. The average Bonchev–Trinajstić information content (AvgIpc) is 3.76. The largest absolute Gasteiger partial charge is 2.00 e. The number of fused-ring (bicyclic) bond motifs is 6. The molecule has 0 nitrogen and oxygen atoms in total. The quantitative estimate of drug-likeness (QED) is 0.206. The molecule has 0 spiro atoms. The Morgan fingerprint density at radius 3 is 1.20 bits per heavy atom. The second kappa shape index (κ2) is 19.6. The number of hydrogen-bond donors (Lipinski definition) is 0. The first-order valence-corrected chi connectivity index (χ1v) is 14.1. The fourth-order valence-corrected chi connectivity index (χ4v) is 5.42. The number of benzene rings is 4. The summed E-state index contributed by atoms with van der Waals surface area (Å²) in [5.41, 5.74) is 16.3. The van der Waals surface area contributed by atoms with E-state index in [1.165, 1.54) is 66.8 Å². The van der Waals surface area contributed by atoms with Gasteiger partial charge in [-0.25, -0.2) is 24.3 Å². The minimum Gasteiger partial charge on any atom is -1.00 e. The van der Waals surface area contributed by atoms with Gasteiger partial charge >= 0.3 is 52.4 Å². The molecule has 0 heterocycles. The summed E-state index contributed by atoms with van der Waals surface area (Å²) in [6, 6.07) is 29.1. The van der Waals surface area contributed by atoms with Gasteiger partial charge in [0, 0.05) is 0 Å². The number of allylic oxidation sites excluding steroid dienone is 8. The first-order valence-electron chi connectivity index (χ1n) is 14.1. The number of halogens is 2. The van der Waals surface area contributed by atoms with Crippen LogP contribution in [0.15, 0.2) is 97.1 Å². The van der Waals surface area contributed by atoms with Gasteiger partial charge in [0.05, 0.1) is 0 Å². The molecule has 0 atom stereocenters. The molecule has 0 fully saturated rings. The van der Waals surface area contributed by atoms with Crippen molar-refractivity contribution in [3.8, 4) is 22.3 Å². The maximum Gasteiger partial charge on any atom is 2.00 e. The monoisotopic (exact) mass is 766 g/mol. The molecule has 0 unspecified atom stereocenters. The first-order chi connectivity index (χ1) is 19.5. The maximum absolute atomic E-state index is 3.45. The molecule has 4 aromatic rings. The standard InChI is InChI=1S/2C15H13.2C5H5.2ClH.2Zr/c2*1-10-3-5-14-12(7-10)9-13-8-11(2)4-6-15(13)14;2*1-2-4-5-3-1;;;;/h2*3-7H,9H2,1-2H3;2*1-3H,4H2;2*1H;;/q4*-1;;;2*+2/p-2. The molecule has 44 heavy (non-hydrogen) atoms. The van der Waals surface area contributed by atoms with Crippen molar-refractivity contribution >= 4 is 0 Å². The van der Waals surface area contributed by atoms with Crippen molar-refractivity contribution in [3.05, 3.63) is 166 Å². The molecule has 220 valence electrons. The average molecular weight is 770 g/mol. The second-order valence-corrected chi connectivity index (χ2v) is 10.7. The maximum atomic E-state index is 3.45. The van der Waals surface area contributed by atoms with Crippen LogP contribution in [0.25, 0.3) is 22.3 Å². The zero-order valence-electron chi connectivity index (χ0n) is 25.8. The molecular weight excluding hydrogens is 734 g/mol. The van der Waals surface area contributed by atoms with E-state index in [0.717, 1.165) is 25.7 Å². The Hall–Kier alpha value is -1.81. The number of aryl methyl sites for hydroxylation is 4. The third-order valence-corrected chi connectivity index (χ3v) is 7.35. The van der Waals surface area contributed by atoms with E-state index in [1.807, 2.05) is 24.3 Å². The fraction of sp³-hybridized carbons (Fsp3) is 0.200. The molecule has 0 bridgehead atoms. The summed E-state index contributed by atoms with van der Waals surface area (Å²) in [7, 11) is 0. The van der Waals surface area contributed by atoms with E-state index in [2.05, 4.69) is 125 Å². The van der Waals surface area contributed by atoms with Crippen LogP contribution in [0.3, 0.4) is 0 Å². The molecule has 4 aromatic carbocycles. The summed E-state index contributed by atoms with van der Waals surface area (Å²) >= 11 is 0. The van der Waals surface area contributed by atoms with Crippen LogP contribution in [0, 0.1) is 52.0 Å². The predicted octanol–water partition coefficient (Wildman–Crippen LogP) is 3.96. The van der Waals surface area contributed by atoms with Crippen molar-refractivity contribution in [2.24, 2.45) is 0 Å². The van der Waals surface area contributed by atoms with Crippen molar-refractivity contribution in [2.45, 2.75) is 53.4 Å². The van der Waals surface area contributed by atoms with E-state index >= 15 is 0 Å². The molecule has 0 aliphatic heterocycles. The Bertz CT molecular complexity index is 1400. The second-order valence-electron chi connectivity index (χ2n) is 10.7. The van der Waals surface area contributed by atoms with E-state index < -0.39 is 0 Å². The summed E-state index contributed by atoms with van der Waals surface area (Å²) in [6.07, 6.45) is 22.1. The van der Waals surface area contributed by atoms with Gasteiger partial charge in [-0.3, -0.25) is 12.2 Å². The minimum absolute atomic E-state index is 0. The van der Waals surface area contributed by atoms with Crippen molar-refractivity contribution < 1.29 is 77.2 Å². The SMILES string of the molecule is Cc1[c-]c2c(cc1)-c1ccc(C)cc1C2.Cc1[c-]c2c(cc1)-c1ccc(C)cc1C2.[C-]1=CC=CC1.[C-]1=CC=CC1.[Cl-].[Cl-].[Zr+2].[Zr+2]. The van der Waals surface area contributed by atoms with Crippen LogP contribution >= 0.6 is 0 Å². The summed E-state index contributed by atoms with van der Waals surface area (Å²) in [5, 5.41) is 0. The van der Waals surface area contributed by atoms with Gasteiger partial charge < -0.3 is 24.8 Å². The molecular formula is C40H36Cl2Zr2-2. The molecule has 0 aromatic heterocycles. The fourth-order valence-electron chi connectivity index (χ4n) is 5.42. The smallest absolute Gasteiger partial charge is 1.00 e.